The molecule has 2 heterocycles. The number of aromatic nitrogens is 1. The lowest BCUT2D eigenvalue weighted by Crippen LogP contribution is -2.33. The molecule has 4 heteroatoms. The Labute approximate surface area is 117 Å². The summed E-state index contributed by atoms with van der Waals surface area (Å²) in [6.45, 7) is 2.72. The largest absolute Gasteiger partial charge is 0.377 e. The lowest BCUT2D eigenvalue weighted by atomic mass is 10.0. The molecule has 3 nitrogen and oxygen atoms in total. The monoisotopic (exact) mass is 312 g/mol. The number of piperidine rings is 1. The molecular formula is C14H21BrN2O. The van der Waals surface area contributed by atoms with Gasteiger partial charge in [0.2, 0.25) is 0 Å². The molecule has 1 fully saturated rings. The van der Waals surface area contributed by atoms with Gasteiger partial charge >= 0.3 is 0 Å². The number of nitrogens with one attached hydrogen (secondary N) is 1. The summed E-state index contributed by atoms with van der Waals surface area (Å²) in [5.74, 6) is 0. The van der Waals surface area contributed by atoms with Gasteiger partial charge < -0.3 is 10.1 Å². The van der Waals surface area contributed by atoms with Crippen LogP contribution in [0.2, 0.25) is 0 Å². The molecule has 1 aliphatic rings. The van der Waals surface area contributed by atoms with Gasteiger partial charge in [-0.1, -0.05) is 6.42 Å². The maximum Gasteiger partial charge on any atom is 0.106 e. The number of pyridine rings is 1. The number of ether oxygens (including phenoxy) is 1. The van der Waals surface area contributed by atoms with Gasteiger partial charge in [0.15, 0.2) is 0 Å². The van der Waals surface area contributed by atoms with Crippen LogP contribution in [0.1, 0.15) is 37.7 Å². The third-order valence-electron chi connectivity index (χ3n) is 3.31. The van der Waals surface area contributed by atoms with Gasteiger partial charge in [-0.15, -0.1) is 0 Å². The van der Waals surface area contributed by atoms with Crippen molar-refractivity contribution in [1.82, 2.24) is 10.3 Å². The average molecular weight is 313 g/mol. The quantitative estimate of drug-likeness (QED) is 0.646. The summed E-state index contributed by atoms with van der Waals surface area (Å²) in [4.78, 5) is 4.10. The predicted octanol–water partition coefficient (Wildman–Crippen LogP) is 3.28. The molecule has 18 heavy (non-hydrogen) atoms. The standard InChI is InChI=1S/C14H21BrN2O/c15-14-10-12(6-8-17-14)11-18-9-3-5-13-4-1-2-7-16-13/h6,8,10,13,16H,1-5,7,9,11H2/t13-/m1/s1. The summed E-state index contributed by atoms with van der Waals surface area (Å²) < 4.78 is 6.56. The molecule has 0 radical (unpaired) electrons. The summed E-state index contributed by atoms with van der Waals surface area (Å²) in [7, 11) is 0. The highest BCUT2D eigenvalue weighted by Crippen LogP contribution is 2.12. The molecular weight excluding hydrogens is 292 g/mol. The van der Waals surface area contributed by atoms with Crippen molar-refractivity contribution in [2.45, 2.75) is 44.8 Å². The van der Waals surface area contributed by atoms with Crippen LogP contribution < -0.4 is 5.32 Å². The molecule has 0 aliphatic carbocycles. The summed E-state index contributed by atoms with van der Waals surface area (Å²) >= 11 is 3.36. The van der Waals surface area contributed by atoms with Crippen LogP contribution in [0, 0.1) is 0 Å². The van der Waals surface area contributed by atoms with Crippen molar-refractivity contribution < 1.29 is 4.74 Å². The first-order valence-corrected chi connectivity index (χ1v) is 7.55. The molecule has 0 spiro atoms. The lowest BCUT2D eigenvalue weighted by molar-refractivity contribution is 0.114. The highest BCUT2D eigenvalue weighted by atomic mass is 79.9. The van der Waals surface area contributed by atoms with Crippen LogP contribution in [0.25, 0.3) is 0 Å². The van der Waals surface area contributed by atoms with E-state index in [-0.39, 0.29) is 0 Å². The third kappa shape index (κ3) is 5.04. The van der Waals surface area contributed by atoms with Gasteiger partial charge in [0.25, 0.3) is 0 Å². The average Bonchev–Trinajstić information content (AvgIpc) is 2.40. The van der Waals surface area contributed by atoms with Crippen LogP contribution in [0.15, 0.2) is 22.9 Å². The van der Waals surface area contributed by atoms with Crippen LogP contribution in [0.4, 0.5) is 0 Å². The van der Waals surface area contributed by atoms with Crippen molar-refractivity contribution in [2.75, 3.05) is 13.2 Å². The third-order valence-corrected chi connectivity index (χ3v) is 3.75. The van der Waals surface area contributed by atoms with E-state index in [1.807, 2.05) is 12.1 Å². The van der Waals surface area contributed by atoms with Crippen LogP contribution in [-0.4, -0.2) is 24.2 Å². The van der Waals surface area contributed by atoms with E-state index < -0.39 is 0 Å². The van der Waals surface area contributed by atoms with Gasteiger partial charge in [0.05, 0.1) is 6.61 Å². The summed E-state index contributed by atoms with van der Waals surface area (Å²) in [5, 5.41) is 3.57. The van der Waals surface area contributed by atoms with Gasteiger partial charge in [-0.25, -0.2) is 4.98 Å². The second-order valence-electron chi connectivity index (χ2n) is 4.83. The molecule has 100 valence electrons. The van der Waals surface area contributed by atoms with Crippen molar-refractivity contribution in [1.29, 1.82) is 0 Å². The fourth-order valence-electron chi connectivity index (χ4n) is 2.32. The first-order chi connectivity index (χ1) is 8.84. The molecule has 1 saturated heterocycles. The Morgan fingerprint density at radius 3 is 3.17 bits per heavy atom. The molecule has 1 aromatic rings. The second kappa shape index (κ2) is 7.87. The van der Waals surface area contributed by atoms with E-state index in [0.717, 1.165) is 23.7 Å². The molecule has 0 amide bonds. The van der Waals surface area contributed by atoms with Gasteiger partial charge in [-0.2, -0.15) is 0 Å². The molecule has 1 N–H and O–H groups in total. The van der Waals surface area contributed by atoms with Crippen LogP contribution in [-0.2, 0) is 11.3 Å². The van der Waals surface area contributed by atoms with Crippen molar-refractivity contribution in [3.63, 3.8) is 0 Å². The Morgan fingerprint density at radius 1 is 1.44 bits per heavy atom. The summed E-state index contributed by atoms with van der Waals surface area (Å²) in [6, 6.07) is 4.72. The number of halogens is 1. The van der Waals surface area contributed by atoms with E-state index in [4.69, 9.17) is 4.74 Å². The number of hydrogen-bond acceptors (Lipinski definition) is 3. The molecule has 0 aromatic carbocycles. The Morgan fingerprint density at radius 2 is 2.39 bits per heavy atom. The summed E-state index contributed by atoms with van der Waals surface area (Å²) in [5.41, 5.74) is 1.17. The van der Waals surface area contributed by atoms with E-state index in [2.05, 4.69) is 26.2 Å². The van der Waals surface area contributed by atoms with Crippen LogP contribution in [0.3, 0.4) is 0 Å². The molecule has 0 unspecified atom stereocenters. The molecule has 0 saturated carbocycles. The Balaban J connectivity index is 1.55. The normalized spacial score (nSPS) is 19.9. The van der Waals surface area contributed by atoms with E-state index >= 15 is 0 Å². The number of nitrogens with zero attached hydrogens (tertiary/aromatic N) is 1. The number of rotatable bonds is 6. The number of hydrogen-bond donors (Lipinski definition) is 1. The van der Waals surface area contributed by atoms with Crippen molar-refractivity contribution in [3.05, 3.63) is 28.5 Å². The highest BCUT2D eigenvalue weighted by Gasteiger charge is 2.11. The second-order valence-corrected chi connectivity index (χ2v) is 5.64. The van der Waals surface area contributed by atoms with Crippen molar-refractivity contribution >= 4 is 15.9 Å². The molecule has 2 rings (SSSR count). The highest BCUT2D eigenvalue weighted by molar-refractivity contribution is 9.10. The SMILES string of the molecule is Brc1cc(COCCC[C@H]2CCCCN2)ccn1. The van der Waals surface area contributed by atoms with Gasteiger partial charge in [-0.3, -0.25) is 0 Å². The minimum atomic E-state index is 0.680. The minimum absolute atomic E-state index is 0.680. The Bertz CT molecular complexity index is 353. The van der Waals surface area contributed by atoms with Crippen LogP contribution in [0.5, 0.6) is 0 Å². The zero-order valence-electron chi connectivity index (χ0n) is 10.7. The van der Waals surface area contributed by atoms with Crippen LogP contribution >= 0.6 is 15.9 Å². The van der Waals surface area contributed by atoms with Gasteiger partial charge in [-0.05, 0) is 65.9 Å². The van der Waals surface area contributed by atoms with E-state index in [1.165, 1.54) is 37.8 Å². The van der Waals surface area contributed by atoms with Gasteiger partial charge in [0.1, 0.15) is 4.60 Å². The van der Waals surface area contributed by atoms with E-state index in [1.54, 1.807) is 6.20 Å². The van der Waals surface area contributed by atoms with Crippen molar-refractivity contribution in [3.8, 4) is 0 Å². The molecule has 1 aromatic heterocycles. The lowest BCUT2D eigenvalue weighted by Gasteiger charge is -2.23. The fourth-order valence-corrected chi connectivity index (χ4v) is 2.74. The molecule has 1 aliphatic heterocycles. The van der Waals surface area contributed by atoms with E-state index in [0.29, 0.717) is 6.61 Å². The minimum Gasteiger partial charge on any atom is -0.377 e. The maximum atomic E-state index is 5.69. The zero-order valence-corrected chi connectivity index (χ0v) is 12.3. The maximum absolute atomic E-state index is 5.69. The topological polar surface area (TPSA) is 34.1 Å². The zero-order chi connectivity index (χ0) is 12.6. The van der Waals surface area contributed by atoms with E-state index in [9.17, 15) is 0 Å². The molecule has 1 atom stereocenters. The Kier molecular flexibility index (Phi) is 6.11. The fraction of sp³-hybridized carbons (Fsp3) is 0.643. The Hall–Kier alpha value is -0.450. The van der Waals surface area contributed by atoms with Gasteiger partial charge in [0, 0.05) is 18.8 Å². The van der Waals surface area contributed by atoms with Crippen molar-refractivity contribution in [2.24, 2.45) is 0 Å². The predicted molar refractivity (Wildman–Crippen MR) is 76.5 cm³/mol. The smallest absolute Gasteiger partial charge is 0.106 e. The first kappa shape index (κ1) is 14.0. The first-order valence-electron chi connectivity index (χ1n) is 6.76. The molecule has 0 bridgehead atoms. The summed E-state index contributed by atoms with van der Waals surface area (Å²) in [6.07, 6.45) is 8.23.